The third-order valence-corrected chi connectivity index (χ3v) is 3.84. The molecule has 0 saturated heterocycles. The Labute approximate surface area is 148 Å². The highest BCUT2D eigenvalue weighted by Gasteiger charge is 2.23. The van der Waals surface area contributed by atoms with Gasteiger partial charge in [0.25, 0.3) is 5.91 Å². The highest BCUT2D eigenvalue weighted by Crippen LogP contribution is 2.32. The van der Waals surface area contributed by atoms with Gasteiger partial charge in [0.05, 0.1) is 11.4 Å². The van der Waals surface area contributed by atoms with Crippen molar-refractivity contribution in [2.75, 3.05) is 5.32 Å². The summed E-state index contributed by atoms with van der Waals surface area (Å²) in [5, 5.41) is 7.13. The maximum atomic E-state index is 12.7. The van der Waals surface area contributed by atoms with Gasteiger partial charge >= 0.3 is 6.61 Å². The Morgan fingerprint density at radius 1 is 1.27 bits per heavy atom. The van der Waals surface area contributed by atoms with Crippen molar-refractivity contribution in [3.63, 3.8) is 0 Å². The van der Waals surface area contributed by atoms with Crippen LogP contribution in [0.25, 0.3) is 10.9 Å². The number of nitrogens with one attached hydrogen (secondary N) is 1. The molecule has 3 aromatic rings. The summed E-state index contributed by atoms with van der Waals surface area (Å²) >= 11 is 0. The summed E-state index contributed by atoms with van der Waals surface area (Å²) in [4.78, 5) is 16.8. The van der Waals surface area contributed by atoms with Crippen LogP contribution in [0.4, 0.5) is 14.5 Å². The van der Waals surface area contributed by atoms with E-state index in [1.165, 1.54) is 18.3 Å². The number of amides is 1. The molecular formula is C18H17F2N3O3. The Morgan fingerprint density at radius 2 is 2.04 bits per heavy atom. The van der Waals surface area contributed by atoms with Gasteiger partial charge in [0.15, 0.2) is 11.5 Å². The first-order valence-corrected chi connectivity index (χ1v) is 7.98. The zero-order valence-corrected chi connectivity index (χ0v) is 14.4. The Hall–Kier alpha value is -3.03. The first-order valence-electron chi connectivity index (χ1n) is 7.98. The molecular weight excluding hydrogens is 344 g/mol. The van der Waals surface area contributed by atoms with E-state index in [-0.39, 0.29) is 23.1 Å². The summed E-state index contributed by atoms with van der Waals surface area (Å²) in [7, 11) is 0. The van der Waals surface area contributed by atoms with Gasteiger partial charge in [-0.2, -0.15) is 8.78 Å². The zero-order chi connectivity index (χ0) is 18.8. The van der Waals surface area contributed by atoms with E-state index in [0.717, 1.165) is 0 Å². The maximum absolute atomic E-state index is 12.7. The molecule has 1 aromatic carbocycles. The van der Waals surface area contributed by atoms with E-state index < -0.39 is 6.61 Å². The van der Waals surface area contributed by atoms with Gasteiger partial charge in [-0.05, 0) is 31.2 Å². The van der Waals surface area contributed by atoms with Crippen LogP contribution in [-0.4, -0.2) is 22.7 Å². The number of aryl methyl sites for hydroxylation is 1. The van der Waals surface area contributed by atoms with Crippen molar-refractivity contribution >= 4 is 22.5 Å². The van der Waals surface area contributed by atoms with E-state index in [9.17, 15) is 13.6 Å². The number of alkyl halides is 2. The molecule has 1 N–H and O–H groups in total. The fourth-order valence-electron chi connectivity index (χ4n) is 2.69. The smallest absolute Gasteiger partial charge is 0.387 e. The third kappa shape index (κ3) is 3.35. The third-order valence-electron chi connectivity index (χ3n) is 3.84. The molecule has 1 amide bonds. The van der Waals surface area contributed by atoms with Crippen molar-refractivity contribution in [1.82, 2.24) is 10.1 Å². The molecule has 0 saturated carbocycles. The van der Waals surface area contributed by atoms with Gasteiger partial charge in [0, 0.05) is 17.5 Å². The number of benzene rings is 1. The highest BCUT2D eigenvalue weighted by molar-refractivity contribution is 6.10. The van der Waals surface area contributed by atoms with E-state index >= 15 is 0 Å². The van der Waals surface area contributed by atoms with Crippen LogP contribution in [0.3, 0.4) is 0 Å². The molecule has 2 heterocycles. The van der Waals surface area contributed by atoms with Crippen LogP contribution < -0.4 is 10.1 Å². The standard InChI is InChI=1S/C18H17F2N3O3/c1-9(2)16-14(10(3)23-26-16)17(24)22-12-6-7-13(25-18(19)20)15-11(12)5-4-8-21-15/h4-9,18H,1-3H3,(H,22,24). The number of carbonyl (C=O) groups excluding carboxylic acids is 1. The Bertz CT molecular complexity index is 954. The lowest BCUT2D eigenvalue weighted by Gasteiger charge is -2.12. The number of aromatic nitrogens is 2. The van der Waals surface area contributed by atoms with Crippen LogP contribution in [0.15, 0.2) is 35.0 Å². The van der Waals surface area contributed by atoms with E-state index in [0.29, 0.717) is 28.1 Å². The summed E-state index contributed by atoms with van der Waals surface area (Å²) < 4.78 is 34.9. The molecule has 3 rings (SSSR count). The summed E-state index contributed by atoms with van der Waals surface area (Å²) in [5.74, 6) is 0.0232. The van der Waals surface area contributed by atoms with Crippen LogP contribution in [-0.2, 0) is 0 Å². The van der Waals surface area contributed by atoms with Crippen molar-refractivity contribution in [2.24, 2.45) is 0 Å². The zero-order valence-electron chi connectivity index (χ0n) is 14.4. The lowest BCUT2D eigenvalue weighted by atomic mass is 10.0. The van der Waals surface area contributed by atoms with Gasteiger partial charge in [-0.15, -0.1) is 0 Å². The number of carbonyl (C=O) groups is 1. The number of halogens is 2. The molecule has 0 unspecified atom stereocenters. The van der Waals surface area contributed by atoms with Gasteiger partial charge in [0.2, 0.25) is 0 Å². The van der Waals surface area contributed by atoms with Gasteiger partial charge in [-0.1, -0.05) is 19.0 Å². The van der Waals surface area contributed by atoms with Crippen molar-refractivity contribution in [3.8, 4) is 5.75 Å². The topological polar surface area (TPSA) is 77.2 Å². The van der Waals surface area contributed by atoms with Crippen molar-refractivity contribution < 1.29 is 22.8 Å². The highest BCUT2D eigenvalue weighted by atomic mass is 19.3. The summed E-state index contributed by atoms with van der Waals surface area (Å²) in [6.07, 6.45) is 1.47. The molecule has 0 aliphatic carbocycles. The van der Waals surface area contributed by atoms with E-state index in [2.05, 4.69) is 20.2 Å². The van der Waals surface area contributed by atoms with Crippen LogP contribution in [0.5, 0.6) is 5.75 Å². The molecule has 0 atom stereocenters. The van der Waals surface area contributed by atoms with Crippen LogP contribution >= 0.6 is 0 Å². The lowest BCUT2D eigenvalue weighted by molar-refractivity contribution is -0.0489. The molecule has 136 valence electrons. The molecule has 26 heavy (non-hydrogen) atoms. The molecule has 8 heteroatoms. The van der Waals surface area contributed by atoms with Crippen molar-refractivity contribution in [1.29, 1.82) is 0 Å². The molecule has 0 spiro atoms. The molecule has 2 aromatic heterocycles. The van der Waals surface area contributed by atoms with Gasteiger partial charge in [-0.25, -0.2) is 0 Å². The number of hydrogen-bond donors (Lipinski definition) is 1. The van der Waals surface area contributed by atoms with Crippen molar-refractivity contribution in [2.45, 2.75) is 33.3 Å². The monoisotopic (exact) mass is 361 g/mol. The second kappa shape index (κ2) is 7.07. The first-order chi connectivity index (χ1) is 12.4. The van der Waals surface area contributed by atoms with Crippen LogP contribution in [0.2, 0.25) is 0 Å². The van der Waals surface area contributed by atoms with E-state index in [4.69, 9.17) is 4.52 Å². The number of hydrogen-bond acceptors (Lipinski definition) is 5. The SMILES string of the molecule is Cc1noc(C(C)C)c1C(=O)Nc1ccc(OC(F)F)c2ncccc12. The quantitative estimate of drug-likeness (QED) is 0.723. The minimum atomic E-state index is -2.96. The molecule has 0 fully saturated rings. The predicted molar refractivity (Wildman–Crippen MR) is 91.7 cm³/mol. The van der Waals surface area contributed by atoms with Crippen LogP contribution in [0.1, 0.15) is 41.6 Å². The van der Waals surface area contributed by atoms with Gasteiger partial charge < -0.3 is 14.6 Å². The normalized spacial score (nSPS) is 11.3. The predicted octanol–water partition coefficient (Wildman–Crippen LogP) is 4.51. The van der Waals surface area contributed by atoms with Crippen molar-refractivity contribution in [3.05, 3.63) is 47.5 Å². The minimum Gasteiger partial charge on any atom is -0.432 e. The number of ether oxygens (including phenoxy) is 1. The summed E-state index contributed by atoms with van der Waals surface area (Å²) in [6.45, 7) is 2.51. The first kappa shape index (κ1) is 17.8. The number of nitrogens with zero attached hydrogens (tertiary/aromatic N) is 2. The second-order valence-electron chi connectivity index (χ2n) is 6.01. The van der Waals surface area contributed by atoms with E-state index in [1.807, 2.05) is 13.8 Å². The van der Waals surface area contributed by atoms with Gasteiger partial charge in [-0.3, -0.25) is 9.78 Å². The van der Waals surface area contributed by atoms with E-state index in [1.54, 1.807) is 19.1 Å². The minimum absolute atomic E-state index is 0.0165. The lowest BCUT2D eigenvalue weighted by Crippen LogP contribution is -2.15. The molecule has 0 aliphatic heterocycles. The Kier molecular flexibility index (Phi) is 4.83. The van der Waals surface area contributed by atoms with Crippen LogP contribution in [0, 0.1) is 6.92 Å². The number of rotatable bonds is 5. The largest absolute Gasteiger partial charge is 0.432 e. The number of fused-ring (bicyclic) bond motifs is 1. The Balaban J connectivity index is 2.00. The maximum Gasteiger partial charge on any atom is 0.387 e. The molecule has 0 radical (unpaired) electrons. The summed E-state index contributed by atoms with van der Waals surface area (Å²) in [5.41, 5.74) is 1.50. The fourth-order valence-corrected chi connectivity index (χ4v) is 2.69. The number of anilines is 1. The molecule has 6 nitrogen and oxygen atoms in total. The average molecular weight is 361 g/mol. The number of pyridine rings is 1. The fraction of sp³-hybridized carbons (Fsp3) is 0.278. The second-order valence-corrected chi connectivity index (χ2v) is 6.01. The van der Waals surface area contributed by atoms with Gasteiger partial charge in [0.1, 0.15) is 11.1 Å². The molecule has 0 aliphatic rings. The average Bonchev–Trinajstić information content (AvgIpc) is 2.98. The summed E-state index contributed by atoms with van der Waals surface area (Å²) in [6, 6.07) is 6.16. The molecule has 0 bridgehead atoms. The Morgan fingerprint density at radius 3 is 2.73 bits per heavy atom.